The summed E-state index contributed by atoms with van der Waals surface area (Å²) in [6.45, 7) is 0. The number of amides is 1. The van der Waals surface area contributed by atoms with Crippen LogP contribution in [0, 0.1) is 17.5 Å². The summed E-state index contributed by atoms with van der Waals surface area (Å²) < 4.78 is 44.9. The van der Waals surface area contributed by atoms with Crippen LogP contribution >= 0.6 is 0 Å². The minimum Gasteiger partial charge on any atom is -0.327 e. The Bertz CT molecular complexity index is 1450. The van der Waals surface area contributed by atoms with Gasteiger partial charge in [-0.15, -0.1) is 0 Å². The fourth-order valence-electron chi connectivity index (χ4n) is 5.48. The Morgan fingerprint density at radius 1 is 1.06 bits per heavy atom. The maximum Gasteiger partial charge on any atom is 0.256 e. The molecule has 10 heteroatoms. The van der Waals surface area contributed by atoms with Crippen molar-refractivity contribution in [3.63, 3.8) is 0 Å². The van der Waals surface area contributed by atoms with Crippen LogP contribution in [0.25, 0.3) is 22.4 Å². The number of imidazole rings is 1. The zero-order valence-electron chi connectivity index (χ0n) is 18.6. The highest BCUT2D eigenvalue weighted by atomic mass is 19.2. The topological polar surface area (TPSA) is 68.8 Å². The molecule has 6 rings (SSSR count). The Labute approximate surface area is 192 Å². The van der Waals surface area contributed by atoms with Gasteiger partial charge in [0.25, 0.3) is 5.91 Å². The van der Waals surface area contributed by atoms with E-state index < -0.39 is 17.5 Å². The Morgan fingerprint density at radius 2 is 1.82 bits per heavy atom. The van der Waals surface area contributed by atoms with Crippen LogP contribution in [0.1, 0.15) is 46.9 Å². The fourth-order valence-corrected chi connectivity index (χ4v) is 5.48. The quantitative estimate of drug-likeness (QED) is 0.418. The van der Waals surface area contributed by atoms with E-state index in [2.05, 4.69) is 15.1 Å². The molecule has 7 nitrogen and oxygen atoms in total. The first-order chi connectivity index (χ1) is 16.3. The highest BCUT2D eigenvalue weighted by Gasteiger charge is 2.43. The first-order valence-corrected chi connectivity index (χ1v) is 11.1. The van der Waals surface area contributed by atoms with Crippen LogP contribution in [0.5, 0.6) is 0 Å². The standard InChI is InChI=1S/C24H21F3N6O/c1-31-11-29-18-8-13(10-28-23(18)31)24(34)33-14-4-3-5-19(33)21-15(9-14)22(32(2)30-21)12-6-16(25)20(27)17(26)7-12/h6-8,10-11,14,19H,3-5,9H2,1-2H3. The van der Waals surface area contributed by atoms with Gasteiger partial charge >= 0.3 is 0 Å². The lowest BCUT2D eigenvalue weighted by Gasteiger charge is -2.45. The van der Waals surface area contributed by atoms with Crippen LogP contribution < -0.4 is 0 Å². The molecule has 0 N–H and O–H groups in total. The molecule has 1 amide bonds. The molecule has 3 aromatic heterocycles. The van der Waals surface area contributed by atoms with E-state index in [1.54, 1.807) is 34.9 Å². The molecule has 2 atom stereocenters. The molecule has 34 heavy (non-hydrogen) atoms. The molecule has 0 saturated carbocycles. The smallest absolute Gasteiger partial charge is 0.256 e. The van der Waals surface area contributed by atoms with Gasteiger partial charge in [-0.05, 0) is 43.9 Å². The van der Waals surface area contributed by atoms with Crippen LogP contribution in [0.4, 0.5) is 13.2 Å². The van der Waals surface area contributed by atoms with Crippen LogP contribution in [0.2, 0.25) is 0 Å². The van der Waals surface area contributed by atoms with E-state index in [4.69, 9.17) is 0 Å². The zero-order chi connectivity index (χ0) is 23.7. The SMILES string of the molecule is Cn1nc2c(c1-c1cc(F)c(F)c(F)c1)CC1CCCC2N1C(=O)c1cnc2c(c1)ncn2C. The summed E-state index contributed by atoms with van der Waals surface area (Å²) in [4.78, 5) is 24.2. The second-order valence-corrected chi connectivity index (χ2v) is 9.03. The molecule has 1 saturated heterocycles. The number of fused-ring (bicyclic) bond motifs is 5. The summed E-state index contributed by atoms with van der Waals surface area (Å²) in [7, 11) is 3.54. The molecule has 0 aliphatic carbocycles. The third-order valence-corrected chi connectivity index (χ3v) is 6.97. The summed E-state index contributed by atoms with van der Waals surface area (Å²) in [6.07, 6.45) is 6.22. The normalized spacial score (nSPS) is 19.5. The average molecular weight is 466 g/mol. The van der Waals surface area contributed by atoms with Crippen molar-refractivity contribution in [2.75, 3.05) is 0 Å². The van der Waals surface area contributed by atoms with Crippen LogP contribution in [0.15, 0.2) is 30.7 Å². The largest absolute Gasteiger partial charge is 0.327 e. The lowest BCUT2D eigenvalue weighted by atomic mass is 9.81. The van der Waals surface area contributed by atoms with Crippen molar-refractivity contribution in [3.05, 3.63) is 65.0 Å². The molecular formula is C24H21F3N6O. The van der Waals surface area contributed by atoms with Crippen molar-refractivity contribution in [2.45, 2.75) is 37.8 Å². The highest BCUT2D eigenvalue weighted by Crippen LogP contribution is 2.45. The van der Waals surface area contributed by atoms with Crippen LogP contribution in [-0.2, 0) is 20.5 Å². The number of pyridine rings is 1. The second-order valence-electron chi connectivity index (χ2n) is 9.03. The Kier molecular flexibility index (Phi) is 4.55. The Balaban J connectivity index is 1.42. The number of halogens is 3. The van der Waals surface area contributed by atoms with Gasteiger partial charge in [-0.1, -0.05) is 0 Å². The van der Waals surface area contributed by atoms with E-state index in [1.807, 2.05) is 11.9 Å². The van der Waals surface area contributed by atoms with E-state index >= 15 is 0 Å². The lowest BCUT2D eigenvalue weighted by Crippen LogP contribution is -2.49. The minimum absolute atomic E-state index is 0.0868. The van der Waals surface area contributed by atoms with Gasteiger partial charge in [0.15, 0.2) is 23.1 Å². The molecule has 2 bridgehead atoms. The number of nitrogens with zero attached hydrogens (tertiary/aromatic N) is 6. The van der Waals surface area contributed by atoms with Crippen molar-refractivity contribution < 1.29 is 18.0 Å². The molecule has 0 spiro atoms. The van der Waals surface area contributed by atoms with Crippen molar-refractivity contribution in [1.29, 1.82) is 0 Å². The van der Waals surface area contributed by atoms with Crippen molar-refractivity contribution in [2.24, 2.45) is 14.1 Å². The van der Waals surface area contributed by atoms with Crippen molar-refractivity contribution >= 4 is 17.1 Å². The van der Waals surface area contributed by atoms with E-state index in [-0.39, 0.29) is 23.6 Å². The van der Waals surface area contributed by atoms with Gasteiger partial charge in [-0.25, -0.2) is 23.1 Å². The van der Waals surface area contributed by atoms with Gasteiger partial charge in [0.2, 0.25) is 0 Å². The monoisotopic (exact) mass is 466 g/mol. The Hall–Kier alpha value is -3.69. The first-order valence-electron chi connectivity index (χ1n) is 11.1. The van der Waals surface area contributed by atoms with Gasteiger partial charge in [0.05, 0.1) is 29.3 Å². The molecule has 1 fully saturated rings. The van der Waals surface area contributed by atoms with E-state index in [0.29, 0.717) is 28.8 Å². The minimum atomic E-state index is -1.49. The molecule has 0 radical (unpaired) electrons. The number of aryl methyl sites for hydroxylation is 2. The number of benzene rings is 1. The maximum atomic E-state index is 14.0. The van der Waals surface area contributed by atoms with Crippen molar-refractivity contribution in [1.82, 2.24) is 29.2 Å². The van der Waals surface area contributed by atoms with Gasteiger partial charge in [-0.3, -0.25) is 9.48 Å². The van der Waals surface area contributed by atoms with E-state index in [0.717, 1.165) is 42.7 Å². The number of hydrogen-bond acceptors (Lipinski definition) is 4. The number of carbonyl (C=O) groups is 1. The number of aromatic nitrogens is 5. The van der Waals surface area contributed by atoms with E-state index in [1.165, 1.54) is 0 Å². The zero-order valence-corrected chi connectivity index (χ0v) is 18.6. The second kappa shape index (κ2) is 7.41. The molecule has 4 aromatic rings. The van der Waals surface area contributed by atoms with Crippen molar-refractivity contribution in [3.8, 4) is 11.3 Å². The summed E-state index contributed by atoms with van der Waals surface area (Å²) in [6, 6.07) is 3.40. The van der Waals surface area contributed by atoms with Crippen LogP contribution in [0.3, 0.4) is 0 Å². The number of hydrogen-bond donors (Lipinski definition) is 0. The van der Waals surface area contributed by atoms with Gasteiger partial charge in [0, 0.05) is 37.5 Å². The van der Waals surface area contributed by atoms with Gasteiger partial charge < -0.3 is 9.47 Å². The molecule has 1 aromatic carbocycles. The number of rotatable bonds is 2. The molecule has 2 unspecified atom stereocenters. The summed E-state index contributed by atoms with van der Waals surface area (Å²) in [5.74, 6) is -4.11. The number of carbonyl (C=O) groups excluding carboxylic acids is 1. The number of piperidine rings is 1. The molecule has 2 aliphatic rings. The predicted molar refractivity (Wildman–Crippen MR) is 117 cm³/mol. The molecule has 5 heterocycles. The average Bonchev–Trinajstić information content (AvgIpc) is 3.35. The first kappa shape index (κ1) is 20.9. The predicted octanol–water partition coefficient (Wildman–Crippen LogP) is 4.08. The third-order valence-electron chi connectivity index (χ3n) is 6.97. The van der Waals surface area contributed by atoms with Gasteiger partial charge in [0.1, 0.15) is 5.52 Å². The van der Waals surface area contributed by atoms with Crippen LogP contribution in [-0.4, -0.2) is 41.2 Å². The highest BCUT2D eigenvalue weighted by molar-refractivity contribution is 5.97. The Morgan fingerprint density at radius 3 is 2.59 bits per heavy atom. The molecule has 2 aliphatic heterocycles. The molecular weight excluding hydrogens is 445 g/mol. The third kappa shape index (κ3) is 2.97. The maximum absolute atomic E-state index is 14.0. The summed E-state index contributed by atoms with van der Waals surface area (Å²) in [5.41, 5.74) is 4.17. The lowest BCUT2D eigenvalue weighted by molar-refractivity contribution is 0.0391. The van der Waals surface area contributed by atoms with Gasteiger partial charge in [-0.2, -0.15) is 5.10 Å². The summed E-state index contributed by atoms with van der Waals surface area (Å²) in [5, 5.41) is 4.66. The summed E-state index contributed by atoms with van der Waals surface area (Å²) >= 11 is 0. The fraction of sp³-hybridized carbons (Fsp3) is 0.333. The molecule has 174 valence electrons. The van der Waals surface area contributed by atoms with E-state index in [9.17, 15) is 18.0 Å².